The van der Waals surface area contributed by atoms with Gasteiger partial charge in [0.1, 0.15) is 30.9 Å². The molecule has 2 saturated carbocycles. The quantitative estimate of drug-likeness (QED) is 0.00596. The molecule has 7 aromatic rings. The van der Waals surface area contributed by atoms with Gasteiger partial charge in [-0.05, 0) is 188 Å². The number of hydrogen-bond acceptors (Lipinski definition) is 22. The Morgan fingerprint density at radius 1 is 0.693 bits per heavy atom. The third-order valence-electron chi connectivity index (χ3n) is 27.0. The number of hydrogen-bond donors (Lipinski definition) is 4. The molecule has 1 saturated heterocycles. The van der Waals surface area contributed by atoms with E-state index in [1.54, 1.807) is 78.9 Å². The van der Waals surface area contributed by atoms with Crippen LogP contribution in [0.3, 0.4) is 0 Å². The van der Waals surface area contributed by atoms with Crippen LogP contribution in [0.4, 0.5) is 11.4 Å². The normalized spacial score (nSPS) is 25.0. The Labute approximate surface area is 764 Å². The van der Waals surface area contributed by atoms with Crippen LogP contribution in [-0.4, -0.2) is 168 Å². The fourth-order valence-electron chi connectivity index (χ4n) is 20.7. The van der Waals surface area contributed by atoms with Gasteiger partial charge >= 0.3 is 59.4 Å². The minimum atomic E-state index is -4.46. The van der Waals surface area contributed by atoms with E-state index in [4.69, 9.17) is 28.4 Å². The summed E-state index contributed by atoms with van der Waals surface area (Å²) in [5, 5.41) is 41.1. The number of ether oxygens (including phenoxy) is 6. The first-order valence-corrected chi connectivity index (χ1v) is 46.6. The van der Waals surface area contributed by atoms with Crippen LogP contribution in [-0.2, 0) is 83.5 Å². The number of esters is 5. The Morgan fingerprint density at radius 2 is 1.32 bits per heavy atom. The predicted molar refractivity (Wildman–Crippen MR) is 473 cm³/mol. The molecule has 2 bridgehead atoms. The molecule has 666 valence electrons. The van der Waals surface area contributed by atoms with E-state index >= 15 is 19.5 Å². The minimum Gasteiger partial charge on any atom is -0.846 e. The molecule has 127 heavy (non-hydrogen) atoms. The SMILES string of the molecule is CC(=O)O[C@H]1C(=O)[C@@]2(C)[C@H]([C@H](OC(=O)c3ccccc3)[C@]3([O-])C[C@H](OC(=O)[C@H](OC(=O)CCCCCNC4=C(/C=C/C5=[N+](CCCCS(=O)(=O)[O-])c6ccc7ccccc7c6C5(C)C)CCC/C4=C\C=C4\N(CCCCS(=O)(=O)O)c5ccc6ccccc6c5C4(C)C)[C@@H](NC(=O)c4ccccc4)c4ccccc4)C(C)=C1C3(C)C)[C@]1(OC(C)=O)CO[C@@H]1C[C@@H]2O.[Na+]. The second-order valence-corrected chi connectivity index (χ2v) is 39.2. The number of carbonyl (C=O) groups is 7. The minimum absolute atomic E-state index is 0. The molecule has 28 heteroatoms. The average molecular weight is 1780 g/mol. The zero-order chi connectivity index (χ0) is 90.2. The van der Waals surface area contributed by atoms with E-state index in [2.05, 4.69) is 121 Å². The van der Waals surface area contributed by atoms with E-state index in [1.165, 1.54) is 39.8 Å². The van der Waals surface area contributed by atoms with Crippen molar-refractivity contribution in [2.24, 2.45) is 16.7 Å². The van der Waals surface area contributed by atoms with Gasteiger partial charge in [-0.3, -0.25) is 28.5 Å². The Kier molecular flexibility index (Phi) is 28.5. The van der Waals surface area contributed by atoms with Crippen LogP contribution >= 0.6 is 0 Å². The van der Waals surface area contributed by atoms with Gasteiger partial charge in [0.05, 0.1) is 50.9 Å². The summed E-state index contributed by atoms with van der Waals surface area (Å²) in [7, 11) is -8.67. The van der Waals surface area contributed by atoms with Gasteiger partial charge in [0.25, 0.3) is 16.0 Å². The topological polar surface area (TPSA) is 360 Å². The van der Waals surface area contributed by atoms with Gasteiger partial charge < -0.3 is 58.7 Å². The summed E-state index contributed by atoms with van der Waals surface area (Å²) in [5.74, 6) is -9.16. The fourth-order valence-corrected chi connectivity index (χ4v) is 21.9. The number of carbonyl (C=O) groups excluding carboxylic acids is 7. The van der Waals surface area contributed by atoms with Crippen LogP contribution in [0.25, 0.3) is 21.5 Å². The molecule has 7 aliphatic rings. The third kappa shape index (κ3) is 19.0. The number of nitrogens with one attached hydrogen (secondary N) is 2. The van der Waals surface area contributed by atoms with Crippen molar-refractivity contribution in [2.75, 3.05) is 42.6 Å². The summed E-state index contributed by atoms with van der Waals surface area (Å²) in [6.45, 7) is 17.7. The van der Waals surface area contributed by atoms with E-state index in [0.29, 0.717) is 63.7 Å². The number of ketones is 1. The molecule has 0 radical (unpaired) electrons. The zero-order valence-electron chi connectivity index (χ0n) is 73.8. The van der Waals surface area contributed by atoms with Crippen molar-refractivity contribution in [3.63, 3.8) is 0 Å². The van der Waals surface area contributed by atoms with Gasteiger partial charge in [-0.1, -0.05) is 173 Å². The monoisotopic (exact) mass is 1780 g/mol. The van der Waals surface area contributed by atoms with E-state index in [-0.39, 0.29) is 89.7 Å². The molecule has 7 aromatic carbocycles. The standard InChI is InChI=1S/C99H111N4O21S2.Na/c1-61-75(59-99(112)90(123-92(110)70-38-19-13-20-39-70)88-97(10,78(106)58-79-98(88,60-119-79)124-63(3)105)89(108)86(120-62(2)104)81(61)96(99,8)9)121-93(111)87(85(66-34-15-11-16-35-66)101-91(109)69-36-17-12-18-37-69)122-80(107)44-21-14-26-53-100-84-67(47-51-76-94(4,5)82-71-42-24-22-32-64(71)45-49-73(82)102(76)54-27-29-56-125(113,114)115)40-31-41-68(84)48-52-77-95(6,7)83-72-43-25-23-33-65(72)46-50-74(83)103(77)55-28-30-57-126(116,117)118;/h11-13,15-20,22-25,32-39,42-43,45-52,75,78-79,85-88,90,106H,14,21,26-31,40-41,44,53-60H2,1-10H3,(H3,101,109,113,114,115,116,117,118);/q-1;+1/b67-47+,76-51+;/t75-,78-,79+,85-,86+,87+,88-,90-,97+,98-,99+;/m0./s1. The number of allylic oxidation sites excluding steroid dienone is 7. The molecule has 0 aromatic heterocycles. The van der Waals surface area contributed by atoms with Crippen molar-refractivity contribution in [3.05, 3.63) is 250 Å². The smallest absolute Gasteiger partial charge is 0.846 e. The molecule has 4 aliphatic carbocycles. The number of amides is 1. The van der Waals surface area contributed by atoms with Crippen LogP contribution in [0.1, 0.15) is 196 Å². The Morgan fingerprint density at radius 3 is 1.96 bits per heavy atom. The molecule has 3 aliphatic heterocycles. The maximum Gasteiger partial charge on any atom is 1.00 e. The van der Waals surface area contributed by atoms with Gasteiger partial charge in [-0.15, -0.1) is 0 Å². The van der Waals surface area contributed by atoms with E-state index in [1.807, 2.05) is 24.3 Å². The van der Waals surface area contributed by atoms with Crippen molar-refractivity contribution >= 4 is 100 Å². The number of Topliss-reactive ketones (excluding diaryl/α,β-unsaturated/α-hetero) is 1. The summed E-state index contributed by atoms with van der Waals surface area (Å²) >= 11 is 0. The zero-order valence-corrected chi connectivity index (χ0v) is 77.4. The number of unbranched alkanes of at least 4 members (excludes halogenated alkanes) is 4. The molecule has 3 heterocycles. The van der Waals surface area contributed by atoms with Crippen LogP contribution in [0.2, 0.25) is 0 Å². The van der Waals surface area contributed by atoms with Gasteiger partial charge in [-0.2, -0.15) is 13.0 Å². The summed E-state index contributed by atoms with van der Waals surface area (Å²) in [6, 6.07) is 47.5. The number of rotatable bonds is 31. The van der Waals surface area contributed by atoms with Gasteiger partial charge in [0.2, 0.25) is 11.8 Å². The molecule has 1 amide bonds. The van der Waals surface area contributed by atoms with Crippen LogP contribution in [0.5, 0.6) is 0 Å². The first-order chi connectivity index (χ1) is 59.8. The van der Waals surface area contributed by atoms with E-state index in [9.17, 15) is 50.2 Å². The van der Waals surface area contributed by atoms with Crippen molar-refractivity contribution in [3.8, 4) is 0 Å². The Bertz CT molecular complexity index is 5870. The molecule has 0 spiro atoms. The Balaban J connectivity index is 0.0000138. The fraction of sp³-hybridized carbons (Fsp3) is 0.434. The maximum atomic E-state index is 17.5. The van der Waals surface area contributed by atoms with Gasteiger partial charge in [0, 0.05) is 97.7 Å². The number of benzene rings is 7. The first kappa shape index (κ1) is 94.8. The van der Waals surface area contributed by atoms with Crippen LogP contribution < -0.4 is 50.2 Å². The second-order valence-electron chi connectivity index (χ2n) is 36.1. The summed E-state index contributed by atoms with van der Waals surface area (Å²) in [4.78, 5) is 106. The number of nitrogens with zero attached hydrogens (tertiary/aromatic N) is 2. The molecule has 11 atom stereocenters. The second kappa shape index (κ2) is 38.1. The molecular weight excluding hydrogens is 1670 g/mol. The molecule has 4 N–H and O–H groups in total. The van der Waals surface area contributed by atoms with Crippen molar-refractivity contribution in [1.82, 2.24) is 10.6 Å². The predicted octanol–water partition coefficient (Wildman–Crippen LogP) is 10.8. The molecule has 25 nitrogen and oxygen atoms in total. The third-order valence-corrected chi connectivity index (χ3v) is 28.6. The maximum absolute atomic E-state index is 17.5. The van der Waals surface area contributed by atoms with Crippen LogP contribution in [0, 0.1) is 16.7 Å². The summed E-state index contributed by atoms with van der Waals surface area (Å²) < 4.78 is 110. The largest absolute Gasteiger partial charge is 1.00 e. The van der Waals surface area contributed by atoms with Crippen LogP contribution in [0.15, 0.2) is 222 Å². The van der Waals surface area contributed by atoms with Crippen molar-refractivity contribution in [1.29, 1.82) is 0 Å². The first-order valence-electron chi connectivity index (χ1n) is 43.4. The Hall–Kier alpha value is -9.78. The van der Waals surface area contributed by atoms with Gasteiger partial charge in [-0.25, -0.2) is 18.0 Å². The number of aliphatic hydroxyl groups is 1. The van der Waals surface area contributed by atoms with E-state index in [0.717, 1.165) is 92.6 Å². The number of anilines is 1. The van der Waals surface area contributed by atoms with Gasteiger partial charge in [0.15, 0.2) is 23.2 Å². The summed E-state index contributed by atoms with van der Waals surface area (Å²) in [6.07, 6.45) is 1.37. The summed E-state index contributed by atoms with van der Waals surface area (Å²) in [5.41, 5.74) is -0.400. The number of fused-ring (bicyclic) bond motifs is 11. The van der Waals surface area contributed by atoms with Crippen molar-refractivity contribution < 1.29 is 132 Å². The average Bonchev–Trinajstić information content (AvgIpc) is 1.31. The molecular formula is C99H111N4NaO21S2. The molecule has 0 unspecified atom stereocenters. The number of aliphatic hydroxyl groups excluding tert-OH is 1. The van der Waals surface area contributed by atoms with E-state index < -0.39 is 162 Å². The molecule has 14 rings (SSSR count). The molecule has 3 fully saturated rings. The van der Waals surface area contributed by atoms with Crippen molar-refractivity contribution in [2.45, 2.75) is 217 Å².